The van der Waals surface area contributed by atoms with E-state index < -0.39 is 65.1 Å². The highest BCUT2D eigenvalue weighted by molar-refractivity contribution is 5.87. The molecule has 0 spiro atoms. The molecule has 48 heavy (non-hydrogen) atoms. The summed E-state index contributed by atoms with van der Waals surface area (Å²) in [5.74, 6) is -1.46. The Labute approximate surface area is 268 Å². The summed E-state index contributed by atoms with van der Waals surface area (Å²) >= 11 is 0. The fourth-order valence-electron chi connectivity index (χ4n) is 6.50. The highest BCUT2D eigenvalue weighted by atomic mass is 19.4. The number of carbonyl (C=O) groups is 2. The lowest BCUT2D eigenvalue weighted by Gasteiger charge is -2.25. The number of benzene rings is 3. The zero-order valence-corrected chi connectivity index (χ0v) is 25.1. The number of carbonyl (C=O) groups excluding carboxylic acids is 1. The number of amides is 1. The number of alkyl halides is 6. The number of hydrogen-bond acceptors (Lipinski definition) is 5. The van der Waals surface area contributed by atoms with E-state index in [9.17, 15) is 45.4 Å². The van der Waals surface area contributed by atoms with Gasteiger partial charge in [-0.05, 0) is 96.1 Å². The van der Waals surface area contributed by atoms with Crippen LogP contribution in [0.2, 0.25) is 0 Å². The van der Waals surface area contributed by atoms with Crippen molar-refractivity contribution >= 4 is 12.1 Å². The number of halogens is 7. The van der Waals surface area contributed by atoms with Crippen LogP contribution in [0.25, 0.3) is 22.3 Å². The quantitative estimate of drug-likeness (QED) is 0.206. The van der Waals surface area contributed by atoms with E-state index in [0.29, 0.717) is 51.3 Å². The molecule has 3 aromatic carbocycles. The van der Waals surface area contributed by atoms with Crippen molar-refractivity contribution in [2.24, 2.45) is 0 Å². The highest BCUT2D eigenvalue weighted by Gasteiger charge is 2.51. The molecule has 6 rings (SSSR count). The van der Waals surface area contributed by atoms with Crippen LogP contribution in [0, 0.1) is 12.7 Å². The van der Waals surface area contributed by atoms with Crippen molar-refractivity contribution in [2.45, 2.75) is 50.3 Å². The Morgan fingerprint density at radius 2 is 1.60 bits per heavy atom. The number of aryl methyl sites for hydroxylation is 1. The fraction of sp³-hybridized carbons (Fsp3) is 0.265. The van der Waals surface area contributed by atoms with Crippen molar-refractivity contribution in [1.29, 1.82) is 0 Å². The second kappa shape index (κ2) is 11.8. The first-order valence-corrected chi connectivity index (χ1v) is 14.5. The van der Waals surface area contributed by atoms with Crippen LogP contribution >= 0.6 is 0 Å². The normalized spacial score (nSPS) is 19.3. The summed E-state index contributed by atoms with van der Waals surface area (Å²) in [5, 5.41) is 9.31. The van der Waals surface area contributed by atoms with Gasteiger partial charge in [-0.3, -0.25) is 4.90 Å². The molecule has 1 amide bonds. The molecule has 0 aliphatic carbocycles. The van der Waals surface area contributed by atoms with E-state index in [4.69, 9.17) is 9.47 Å². The van der Waals surface area contributed by atoms with Crippen molar-refractivity contribution in [3.8, 4) is 28.0 Å². The summed E-state index contributed by atoms with van der Waals surface area (Å²) in [7, 11) is 1.43. The van der Waals surface area contributed by atoms with Crippen LogP contribution < -0.4 is 4.74 Å². The zero-order valence-electron chi connectivity index (χ0n) is 25.1. The maximum atomic E-state index is 14.9. The molecule has 0 unspecified atom stereocenters. The monoisotopic (exact) mass is 674 g/mol. The molecule has 0 radical (unpaired) electrons. The van der Waals surface area contributed by atoms with Gasteiger partial charge in [0, 0.05) is 17.3 Å². The maximum Gasteiger partial charge on any atom is 0.416 e. The summed E-state index contributed by atoms with van der Waals surface area (Å²) in [6.45, 7) is 1.72. The highest BCUT2D eigenvalue weighted by Crippen LogP contribution is 2.51. The molecule has 3 atom stereocenters. The van der Waals surface area contributed by atoms with Crippen LogP contribution in [-0.4, -0.2) is 40.2 Å². The number of pyridine rings is 1. The van der Waals surface area contributed by atoms with Gasteiger partial charge in [0.15, 0.2) is 0 Å². The van der Waals surface area contributed by atoms with Gasteiger partial charge in [0.05, 0.1) is 30.3 Å². The van der Waals surface area contributed by atoms with Gasteiger partial charge in [-0.2, -0.15) is 26.3 Å². The number of aromatic carboxylic acids is 1. The van der Waals surface area contributed by atoms with Gasteiger partial charge in [-0.25, -0.2) is 19.0 Å². The van der Waals surface area contributed by atoms with Crippen LogP contribution in [0.3, 0.4) is 0 Å². The number of ether oxygens (including phenoxy) is 2. The zero-order chi connectivity index (χ0) is 34.7. The lowest BCUT2D eigenvalue weighted by molar-refractivity contribution is -0.143. The molecule has 3 heterocycles. The smallest absolute Gasteiger partial charge is 0.416 e. The van der Waals surface area contributed by atoms with Gasteiger partial charge in [0.2, 0.25) is 0 Å². The summed E-state index contributed by atoms with van der Waals surface area (Å²) in [6.07, 6.45) is -10.8. The minimum Gasteiger partial charge on any atom is -0.496 e. The summed E-state index contributed by atoms with van der Waals surface area (Å²) in [4.78, 5) is 29.9. The van der Waals surface area contributed by atoms with Crippen LogP contribution in [0.15, 0.2) is 66.9 Å². The van der Waals surface area contributed by atoms with E-state index in [0.717, 1.165) is 0 Å². The summed E-state index contributed by atoms with van der Waals surface area (Å²) in [5.41, 5.74) is -0.556. The van der Waals surface area contributed by atoms with Crippen molar-refractivity contribution in [3.05, 3.63) is 106 Å². The summed E-state index contributed by atoms with van der Waals surface area (Å²) < 4.78 is 108. The predicted octanol–water partition coefficient (Wildman–Crippen LogP) is 9.00. The molecule has 1 N–H and O–H groups in total. The van der Waals surface area contributed by atoms with Gasteiger partial charge >= 0.3 is 24.4 Å². The number of fused-ring (bicyclic) bond motifs is 1. The van der Waals surface area contributed by atoms with E-state index in [1.54, 1.807) is 25.1 Å². The number of hydrogen-bond donors (Lipinski definition) is 1. The van der Waals surface area contributed by atoms with E-state index in [1.165, 1.54) is 42.5 Å². The Hall–Kier alpha value is -5.14. The Morgan fingerprint density at radius 1 is 0.917 bits per heavy atom. The number of methoxy groups -OCH3 is 1. The number of aromatic nitrogens is 1. The van der Waals surface area contributed by atoms with Crippen molar-refractivity contribution in [1.82, 2.24) is 9.88 Å². The van der Waals surface area contributed by atoms with Crippen LogP contribution in [-0.2, 0) is 17.1 Å². The molecular weight excluding hydrogens is 649 g/mol. The maximum absolute atomic E-state index is 14.9. The number of carboxylic acids is 1. The number of carboxylic acid groups (broad SMARTS) is 1. The average Bonchev–Trinajstić information content (AvgIpc) is 3.60. The third-order valence-electron chi connectivity index (χ3n) is 8.66. The van der Waals surface area contributed by atoms with E-state index in [1.807, 2.05) is 0 Å². The van der Waals surface area contributed by atoms with Crippen LogP contribution in [0.5, 0.6) is 5.75 Å². The van der Waals surface area contributed by atoms with Crippen molar-refractivity contribution in [2.75, 3.05) is 7.11 Å². The van der Waals surface area contributed by atoms with E-state index >= 15 is 0 Å². The molecule has 7 nitrogen and oxygen atoms in total. The largest absolute Gasteiger partial charge is 0.496 e. The Morgan fingerprint density at radius 3 is 2.21 bits per heavy atom. The van der Waals surface area contributed by atoms with Crippen LogP contribution in [0.4, 0.5) is 35.5 Å². The first kappa shape index (κ1) is 32.8. The number of rotatable bonds is 6. The first-order chi connectivity index (χ1) is 22.6. The second-order valence-electron chi connectivity index (χ2n) is 11.5. The van der Waals surface area contributed by atoms with Gasteiger partial charge in [-0.15, -0.1) is 0 Å². The number of nitrogens with zero attached hydrogens (tertiary/aromatic N) is 2. The predicted molar refractivity (Wildman–Crippen MR) is 157 cm³/mol. The van der Waals surface area contributed by atoms with Crippen LogP contribution in [0.1, 0.15) is 63.3 Å². The molecule has 0 saturated carbocycles. The molecule has 1 aromatic heterocycles. The molecule has 2 aliphatic heterocycles. The van der Waals surface area contributed by atoms with E-state index in [-0.39, 0.29) is 24.6 Å². The Bertz CT molecular complexity index is 1910. The van der Waals surface area contributed by atoms with Gasteiger partial charge in [-0.1, -0.05) is 12.1 Å². The summed E-state index contributed by atoms with van der Waals surface area (Å²) in [6, 6.07) is 9.78. The van der Waals surface area contributed by atoms with Crippen molar-refractivity contribution in [3.63, 3.8) is 0 Å². The number of cyclic esters (lactones) is 1. The topological polar surface area (TPSA) is 89.0 Å². The third kappa shape index (κ3) is 5.90. The van der Waals surface area contributed by atoms with Gasteiger partial charge < -0.3 is 14.6 Å². The average molecular weight is 675 g/mol. The molecule has 2 aliphatic rings. The fourth-order valence-corrected chi connectivity index (χ4v) is 6.50. The lowest BCUT2D eigenvalue weighted by atomic mass is 9.90. The molecule has 2 fully saturated rings. The second-order valence-corrected chi connectivity index (χ2v) is 11.5. The molecule has 14 heteroatoms. The molecule has 250 valence electrons. The molecular formula is C34H25F7N2O5. The minimum absolute atomic E-state index is 0.00803. The minimum atomic E-state index is -5.09. The molecule has 4 aromatic rings. The molecule has 2 saturated heterocycles. The third-order valence-corrected chi connectivity index (χ3v) is 8.66. The SMILES string of the molecule is COc1ccc(-c2cnc(C(=O)O)cc2C)cc1-c1ccc(F)cc1[C@@H]1CC[C@H]2[C@@H](c3cc(C(F)(F)F)cc(C(F)(F)F)c3)OC(=O)N12. The Kier molecular flexibility index (Phi) is 8.08. The Balaban J connectivity index is 1.41. The van der Waals surface area contributed by atoms with Gasteiger partial charge in [0.1, 0.15) is 23.4 Å². The molecule has 0 bridgehead atoms. The van der Waals surface area contributed by atoms with Gasteiger partial charge in [0.25, 0.3) is 0 Å². The van der Waals surface area contributed by atoms with Crippen molar-refractivity contribution < 1.29 is 54.9 Å². The standard InChI is InChI=1S/C34H25F7N2O5/c1-16-9-26(31(44)45)42-15-25(16)17-3-8-29(47-2)24(12-17)22-5-4-21(35)14-23(22)27-6-7-28-30(48-32(46)43(27)28)18-10-19(33(36,37)38)13-20(11-18)34(39,40)41/h3-5,8-15,27-28,30H,6-7H2,1-2H3,(H,44,45)/t27-,28-,30+/m0/s1. The van der Waals surface area contributed by atoms with E-state index in [2.05, 4.69) is 4.98 Å². The lowest BCUT2D eigenvalue weighted by Crippen LogP contribution is -2.31. The first-order valence-electron chi connectivity index (χ1n) is 14.5.